The molecule has 2 fully saturated rings. The van der Waals surface area contributed by atoms with Crippen LogP contribution in [0.3, 0.4) is 0 Å². The van der Waals surface area contributed by atoms with E-state index in [4.69, 9.17) is 4.74 Å². The third-order valence-electron chi connectivity index (χ3n) is 4.95. The van der Waals surface area contributed by atoms with Crippen LogP contribution in [0.5, 0.6) is 0 Å². The quantitative estimate of drug-likeness (QED) is 0.790. The first kappa shape index (κ1) is 11.6. The van der Waals surface area contributed by atoms with Gasteiger partial charge in [-0.3, -0.25) is 0 Å². The number of ether oxygens (including phenoxy) is 1. The summed E-state index contributed by atoms with van der Waals surface area (Å²) in [5.41, 5.74) is 0. The van der Waals surface area contributed by atoms with Gasteiger partial charge < -0.3 is 10.1 Å². The van der Waals surface area contributed by atoms with Crippen LogP contribution in [-0.2, 0) is 4.74 Å². The van der Waals surface area contributed by atoms with Crippen LogP contribution in [0.25, 0.3) is 0 Å². The van der Waals surface area contributed by atoms with Crippen LogP contribution in [0.1, 0.15) is 45.4 Å². The molecule has 3 aliphatic rings. The molecule has 4 unspecified atom stereocenters. The molecule has 0 spiro atoms. The van der Waals surface area contributed by atoms with Crippen molar-refractivity contribution in [1.82, 2.24) is 5.32 Å². The molecule has 1 aliphatic heterocycles. The molecule has 0 amide bonds. The van der Waals surface area contributed by atoms with Crippen molar-refractivity contribution in [3.63, 3.8) is 0 Å². The zero-order valence-corrected chi connectivity index (χ0v) is 11.0. The summed E-state index contributed by atoms with van der Waals surface area (Å²) in [6, 6.07) is 0.492. The maximum absolute atomic E-state index is 5.76. The van der Waals surface area contributed by atoms with Gasteiger partial charge >= 0.3 is 0 Å². The summed E-state index contributed by atoms with van der Waals surface area (Å²) in [5.74, 6) is 4.28. The van der Waals surface area contributed by atoms with Gasteiger partial charge in [-0.1, -0.05) is 13.3 Å². The first-order valence-corrected chi connectivity index (χ1v) is 7.43. The highest BCUT2D eigenvalue weighted by Crippen LogP contribution is 2.50. The molecule has 3 rings (SSSR count). The molecule has 1 heterocycles. The van der Waals surface area contributed by atoms with Crippen LogP contribution in [0, 0.1) is 17.8 Å². The van der Waals surface area contributed by atoms with E-state index < -0.39 is 0 Å². The summed E-state index contributed by atoms with van der Waals surface area (Å²) in [5, 5.41) is 3.62. The predicted octanol–water partition coefficient (Wildman–Crippen LogP) is 3.10. The van der Waals surface area contributed by atoms with Crippen LogP contribution in [0.15, 0.2) is 11.8 Å². The summed E-state index contributed by atoms with van der Waals surface area (Å²) in [6.45, 7) is 4.14. The van der Waals surface area contributed by atoms with E-state index in [1.807, 2.05) is 0 Å². The van der Waals surface area contributed by atoms with Crippen LogP contribution in [0.2, 0.25) is 0 Å². The summed E-state index contributed by atoms with van der Waals surface area (Å²) < 4.78 is 5.76. The Morgan fingerprint density at radius 1 is 1.41 bits per heavy atom. The Kier molecular flexibility index (Phi) is 3.41. The van der Waals surface area contributed by atoms with Gasteiger partial charge in [-0.15, -0.1) is 0 Å². The molecule has 1 N–H and O–H groups in total. The van der Waals surface area contributed by atoms with Gasteiger partial charge in [-0.05, 0) is 56.1 Å². The summed E-state index contributed by atoms with van der Waals surface area (Å²) >= 11 is 0. The number of hydrogen-bond donors (Lipinski definition) is 1. The zero-order chi connectivity index (χ0) is 11.7. The van der Waals surface area contributed by atoms with Gasteiger partial charge in [0.2, 0.25) is 0 Å². The Morgan fingerprint density at radius 3 is 2.94 bits per heavy atom. The molecule has 2 heteroatoms. The summed E-state index contributed by atoms with van der Waals surface area (Å²) in [4.78, 5) is 0. The fourth-order valence-corrected chi connectivity index (χ4v) is 4.19. The lowest BCUT2D eigenvalue weighted by molar-refractivity contribution is 0.193. The van der Waals surface area contributed by atoms with E-state index in [-0.39, 0.29) is 0 Å². The topological polar surface area (TPSA) is 21.3 Å². The average molecular weight is 235 g/mol. The number of fused-ring (bicyclic) bond motifs is 2. The van der Waals surface area contributed by atoms with Crippen molar-refractivity contribution in [2.45, 2.75) is 51.5 Å². The normalized spacial score (nSPS) is 37.0. The molecule has 17 heavy (non-hydrogen) atoms. The molecule has 2 saturated carbocycles. The highest BCUT2D eigenvalue weighted by molar-refractivity contribution is 5.08. The molecule has 2 nitrogen and oxygen atoms in total. The zero-order valence-electron chi connectivity index (χ0n) is 11.0. The Balaban J connectivity index is 1.60. The van der Waals surface area contributed by atoms with Crippen molar-refractivity contribution in [3.8, 4) is 0 Å². The van der Waals surface area contributed by atoms with Crippen LogP contribution in [-0.4, -0.2) is 19.2 Å². The molecule has 4 atom stereocenters. The molecule has 0 aromatic heterocycles. The van der Waals surface area contributed by atoms with E-state index in [1.165, 1.54) is 37.9 Å². The van der Waals surface area contributed by atoms with Gasteiger partial charge in [0.05, 0.1) is 12.6 Å². The minimum absolute atomic E-state index is 0.492. The largest absolute Gasteiger partial charge is 0.496 e. The van der Waals surface area contributed by atoms with E-state index in [9.17, 15) is 0 Å². The lowest BCUT2D eigenvalue weighted by Crippen LogP contribution is -2.34. The molecule has 96 valence electrons. The van der Waals surface area contributed by atoms with Crippen LogP contribution in [0.4, 0.5) is 0 Å². The summed E-state index contributed by atoms with van der Waals surface area (Å²) in [7, 11) is 0. The fourth-order valence-electron chi connectivity index (χ4n) is 4.19. The van der Waals surface area contributed by atoms with Crippen molar-refractivity contribution >= 4 is 0 Å². The number of nitrogens with one attached hydrogen (secondary N) is 1. The van der Waals surface area contributed by atoms with Gasteiger partial charge in [0.1, 0.15) is 5.76 Å². The Morgan fingerprint density at radius 2 is 2.35 bits per heavy atom. The third-order valence-corrected chi connectivity index (χ3v) is 4.95. The molecule has 0 aromatic rings. The summed E-state index contributed by atoms with van der Waals surface area (Å²) in [6.07, 6.45) is 10.7. The maximum atomic E-state index is 5.76. The number of likely N-dealkylation sites (N-methyl/N-ethyl adjacent to an activating group) is 1. The Hall–Kier alpha value is -0.500. The number of hydrogen-bond acceptors (Lipinski definition) is 2. The second kappa shape index (κ2) is 5.01. The lowest BCUT2D eigenvalue weighted by atomic mass is 9.84. The maximum Gasteiger partial charge on any atom is 0.109 e. The predicted molar refractivity (Wildman–Crippen MR) is 69.7 cm³/mol. The van der Waals surface area contributed by atoms with Gasteiger partial charge in [-0.2, -0.15) is 0 Å². The van der Waals surface area contributed by atoms with Crippen LogP contribution >= 0.6 is 0 Å². The Bertz CT molecular complexity index is 299. The van der Waals surface area contributed by atoms with E-state index >= 15 is 0 Å². The molecule has 0 aromatic carbocycles. The highest BCUT2D eigenvalue weighted by Gasteiger charge is 2.40. The standard InChI is InChI=1S/C15H25NO/c1-2-16-14(15-4-3-7-17-15)10-13-9-11-5-6-12(13)8-11/h4,11-14,16H,2-3,5-10H2,1H3. The molecule has 0 saturated heterocycles. The van der Waals surface area contributed by atoms with Gasteiger partial charge in [-0.25, -0.2) is 0 Å². The second-order valence-corrected chi connectivity index (χ2v) is 6.02. The van der Waals surface area contributed by atoms with Gasteiger partial charge in [0, 0.05) is 6.42 Å². The Labute approximate surface area is 105 Å². The lowest BCUT2D eigenvalue weighted by Gasteiger charge is -2.27. The second-order valence-electron chi connectivity index (χ2n) is 6.02. The monoisotopic (exact) mass is 235 g/mol. The number of rotatable bonds is 5. The van der Waals surface area contributed by atoms with Crippen molar-refractivity contribution in [3.05, 3.63) is 11.8 Å². The van der Waals surface area contributed by atoms with Crippen molar-refractivity contribution in [2.24, 2.45) is 17.8 Å². The first-order chi connectivity index (χ1) is 8.36. The third kappa shape index (κ3) is 2.37. The van der Waals surface area contributed by atoms with Crippen molar-refractivity contribution in [1.29, 1.82) is 0 Å². The smallest absolute Gasteiger partial charge is 0.109 e. The van der Waals surface area contributed by atoms with E-state index in [2.05, 4.69) is 18.3 Å². The van der Waals surface area contributed by atoms with Gasteiger partial charge in [0.15, 0.2) is 0 Å². The van der Waals surface area contributed by atoms with Crippen molar-refractivity contribution < 1.29 is 4.74 Å². The van der Waals surface area contributed by atoms with Gasteiger partial charge in [0.25, 0.3) is 0 Å². The molecule has 2 bridgehead atoms. The fraction of sp³-hybridized carbons (Fsp3) is 0.867. The molecule has 0 radical (unpaired) electrons. The minimum atomic E-state index is 0.492. The molecule has 2 aliphatic carbocycles. The van der Waals surface area contributed by atoms with E-state index in [0.29, 0.717) is 6.04 Å². The molecular formula is C15H25NO. The minimum Gasteiger partial charge on any atom is -0.496 e. The molecular weight excluding hydrogens is 210 g/mol. The van der Waals surface area contributed by atoms with E-state index in [0.717, 1.165) is 37.3 Å². The highest BCUT2D eigenvalue weighted by atomic mass is 16.5. The van der Waals surface area contributed by atoms with Crippen molar-refractivity contribution in [2.75, 3.05) is 13.2 Å². The SMILES string of the molecule is CCNC(CC1CC2CCC1C2)C1=CCCO1. The first-order valence-electron chi connectivity index (χ1n) is 7.43. The van der Waals surface area contributed by atoms with Crippen LogP contribution < -0.4 is 5.32 Å². The average Bonchev–Trinajstić information content (AvgIpc) is 3.06. The van der Waals surface area contributed by atoms with E-state index in [1.54, 1.807) is 0 Å².